The lowest BCUT2D eigenvalue weighted by molar-refractivity contribution is -0.108. The number of aryl methyl sites for hydroxylation is 1. The normalized spacial score (nSPS) is 10.5. The first-order valence-corrected chi connectivity index (χ1v) is 4.71. The largest absolute Gasteiger partial charge is 0.497 e. The van der Waals surface area contributed by atoms with Crippen molar-refractivity contribution in [3.8, 4) is 5.75 Å². The zero-order valence-electron chi connectivity index (χ0n) is 8.73. The number of carbonyl (C=O) groups excluding carboxylic acids is 1. The summed E-state index contributed by atoms with van der Waals surface area (Å²) in [6.07, 6.45) is 0.873. The Balaban J connectivity index is 2.62. The average molecular weight is 204 g/mol. The topological polar surface area (TPSA) is 44.1 Å². The van der Waals surface area contributed by atoms with Gasteiger partial charge in [-0.25, -0.2) is 4.98 Å². The molecule has 0 amide bonds. The number of imidazole rings is 1. The van der Waals surface area contributed by atoms with E-state index in [1.165, 1.54) is 0 Å². The predicted octanol–water partition coefficient (Wildman–Crippen LogP) is 1.55. The van der Waals surface area contributed by atoms with Gasteiger partial charge in [0.05, 0.1) is 24.7 Å². The van der Waals surface area contributed by atoms with Crippen molar-refractivity contribution in [1.29, 1.82) is 0 Å². The van der Waals surface area contributed by atoms with Crippen molar-refractivity contribution < 1.29 is 9.53 Å². The lowest BCUT2D eigenvalue weighted by Gasteiger charge is -2.01. The minimum atomic E-state index is 0.342. The Labute approximate surface area is 87.5 Å². The standard InChI is InChI=1S/C11H12N2O2/c1-8-12-10-7-9(15-2)3-4-11(10)13(8)5-6-14/h3-4,6-7H,5H2,1-2H3. The smallest absolute Gasteiger partial charge is 0.139 e. The fraction of sp³-hybridized carbons (Fsp3) is 0.273. The number of benzene rings is 1. The second-order valence-corrected chi connectivity index (χ2v) is 3.29. The quantitative estimate of drug-likeness (QED) is 0.712. The van der Waals surface area contributed by atoms with Crippen LogP contribution in [0, 0.1) is 6.92 Å². The van der Waals surface area contributed by atoms with Gasteiger partial charge in [-0.3, -0.25) is 0 Å². The summed E-state index contributed by atoms with van der Waals surface area (Å²) in [6.45, 7) is 2.23. The molecule has 0 spiro atoms. The Bertz CT molecular complexity index is 503. The zero-order valence-corrected chi connectivity index (χ0v) is 8.73. The van der Waals surface area contributed by atoms with E-state index in [9.17, 15) is 4.79 Å². The summed E-state index contributed by atoms with van der Waals surface area (Å²) in [5.74, 6) is 1.61. The maximum Gasteiger partial charge on any atom is 0.139 e. The molecule has 0 aliphatic rings. The fourth-order valence-electron chi connectivity index (χ4n) is 1.66. The summed E-state index contributed by atoms with van der Waals surface area (Å²) in [7, 11) is 1.62. The van der Waals surface area contributed by atoms with Crippen molar-refractivity contribution in [1.82, 2.24) is 9.55 Å². The minimum absolute atomic E-state index is 0.342. The van der Waals surface area contributed by atoms with Crippen molar-refractivity contribution in [2.24, 2.45) is 0 Å². The molecule has 0 saturated carbocycles. The molecule has 0 bridgehead atoms. The maximum absolute atomic E-state index is 10.5. The fourth-order valence-corrected chi connectivity index (χ4v) is 1.66. The Hall–Kier alpha value is -1.84. The van der Waals surface area contributed by atoms with Gasteiger partial charge in [-0.05, 0) is 19.1 Å². The monoisotopic (exact) mass is 204 g/mol. The van der Waals surface area contributed by atoms with Gasteiger partial charge in [-0.2, -0.15) is 0 Å². The lowest BCUT2D eigenvalue weighted by atomic mass is 10.3. The first-order valence-electron chi connectivity index (χ1n) is 4.71. The molecule has 1 aromatic heterocycles. The number of hydrogen-bond acceptors (Lipinski definition) is 3. The van der Waals surface area contributed by atoms with Crippen LogP contribution in [0.4, 0.5) is 0 Å². The van der Waals surface area contributed by atoms with Crippen molar-refractivity contribution >= 4 is 17.3 Å². The summed E-state index contributed by atoms with van der Waals surface area (Å²) in [6, 6.07) is 5.64. The number of nitrogens with zero attached hydrogens (tertiary/aromatic N) is 2. The molecule has 0 fully saturated rings. The van der Waals surface area contributed by atoms with Gasteiger partial charge in [0.25, 0.3) is 0 Å². The third-order valence-corrected chi connectivity index (χ3v) is 2.40. The van der Waals surface area contributed by atoms with E-state index in [1.807, 2.05) is 29.7 Å². The van der Waals surface area contributed by atoms with Gasteiger partial charge >= 0.3 is 0 Å². The predicted molar refractivity (Wildman–Crippen MR) is 57.1 cm³/mol. The zero-order chi connectivity index (χ0) is 10.8. The molecule has 0 aliphatic heterocycles. The first-order chi connectivity index (χ1) is 7.26. The number of hydrogen-bond donors (Lipinski definition) is 0. The third-order valence-electron chi connectivity index (χ3n) is 2.40. The molecular formula is C11H12N2O2. The van der Waals surface area contributed by atoms with Gasteiger partial charge in [0.15, 0.2) is 0 Å². The van der Waals surface area contributed by atoms with Crippen LogP contribution in [0.2, 0.25) is 0 Å². The molecule has 78 valence electrons. The molecule has 4 heteroatoms. The van der Waals surface area contributed by atoms with E-state index in [4.69, 9.17) is 4.74 Å². The van der Waals surface area contributed by atoms with Crippen LogP contribution in [0.5, 0.6) is 5.75 Å². The van der Waals surface area contributed by atoms with Crippen molar-refractivity contribution in [2.75, 3.05) is 7.11 Å². The number of rotatable bonds is 3. The van der Waals surface area contributed by atoms with E-state index in [1.54, 1.807) is 7.11 Å². The Kier molecular flexibility index (Phi) is 2.41. The van der Waals surface area contributed by atoms with Crippen LogP contribution >= 0.6 is 0 Å². The molecule has 2 aromatic rings. The summed E-state index contributed by atoms with van der Waals surface area (Å²) in [5.41, 5.74) is 1.81. The first kappa shape index (κ1) is 9.71. The van der Waals surface area contributed by atoms with E-state index in [0.717, 1.165) is 28.9 Å². The Morgan fingerprint density at radius 2 is 2.33 bits per heavy atom. The molecule has 0 atom stereocenters. The number of carbonyl (C=O) groups is 1. The Morgan fingerprint density at radius 3 is 3.00 bits per heavy atom. The summed E-state index contributed by atoms with van der Waals surface area (Å²) < 4.78 is 6.99. The van der Waals surface area contributed by atoms with Crippen LogP contribution in [-0.2, 0) is 11.3 Å². The van der Waals surface area contributed by atoms with Crippen LogP contribution in [-0.4, -0.2) is 22.9 Å². The average Bonchev–Trinajstić information content (AvgIpc) is 2.55. The molecule has 0 unspecified atom stereocenters. The highest BCUT2D eigenvalue weighted by molar-refractivity contribution is 5.78. The highest BCUT2D eigenvalue weighted by Crippen LogP contribution is 2.21. The SMILES string of the molecule is COc1ccc2c(c1)nc(C)n2CC=O. The second-order valence-electron chi connectivity index (χ2n) is 3.29. The number of methoxy groups -OCH3 is 1. The van der Waals surface area contributed by atoms with E-state index in [-0.39, 0.29) is 0 Å². The van der Waals surface area contributed by atoms with Gasteiger partial charge in [0, 0.05) is 6.07 Å². The molecule has 0 saturated heterocycles. The molecule has 15 heavy (non-hydrogen) atoms. The van der Waals surface area contributed by atoms with E-state index in [0.29, 0.717) is 6.54 Å². The molecule has 1 heterocycles. The van der Waals surface area contributed by atoms with E-state index >= 15 is 0 Å². The van der Waals surface area contributed by atoms with Gasteiger partial charge in [0.2, 0.25) is 0 Å². The summed E-state index contributed by atoms with van der Waals surface area (Å²) >= 11 is 0. The summed E-state index contributed by atoms with van der Waals surface area (Å²) in [4.78, 5) is 14.9. The molecule has 0 radical (unpaired) electrons. The number of fused-ring (bicyclic) bond motifs is 1. The number of aldehydes is 1. The van der Waals surface area contributed by atoms with Crippen LogP contribution in [0.1, 0.15) is 5.82 Å². The molecule has 2 rings (SSSR count). The summed E-state index contributed by atoms with van der Waals surface area (Å²) in [5, 5.41) is 0. The van der Waals surface area contributed by atoms with Crippen LogP contribution < -0.4 is 4.74 Å². The van der Waals surface area contributed by atoms with Crippen LogP contribution in [0.3, 0.4) is 0 Å². The van der Waals surface area contributed by atoms with Gasteiger partial charge in [0.1, 0.15) is 17.9 Å². The third kappa shape index (κ3) is 1.58. The van der Waals surface area contributed by atoms with Crippen molar-refractivity contribution in [3.63, 3.8) is 0 Å². The number of ether oxygens (including phenoxy) is 1. The van der Waals surface area contributed by atoms with Crippen LogP contribution in [0.25, 0.3) is 11.0 Å². The van der Waals surface area contributed by atoms with Crippen molar-refractivity contribution in [3.05, 3.63) is 24.0 Å². The van der Waals surface area contributed by atoms with Gasteiger partial charge < -0.3 is 14.1 Å². The van der Waals surface area contributed by atoms with Crippen molar-refractivity contribution in [2.45, 2.75) is 13.5 Å². The molecule has 1 aromatic carbocycles. The highest BCUT2D eigenvalue weighted by atomic mass is 16.5. The van der Waals surface area contributed by atoms with E-state index < -0.39 is 0 Å². The molecule has 0 N–H and O–H groups in total. The van der Waals surface area contributed by atoms with Gasteiger partial charge in [-0.15, -0.1) is 0 Å². The second kappa shape index (κ2) is 3.73. The Morgan fingerprint density at radius 1 is 1.53 bits per heavy atom. The minimum Gasteiger partial charge on any atom is -0.497 e. The van der Waals surface area contributed by atoms with Gasteiger partial charge in [-0.1, -0.05) is 0 Å². The maximum atomic E-state index is 10.5. The highest BCUT2D eigenvalue weighted by Gasteiger charge is 2.07. The molecule has 4 nitrogen and oxygen atoms in total. The molecular weight excluding hydrogens is 192 g/mol. The van der Waals surface area contributed by atoms with E-state index in [2.05, 4.69) is 4.98 Å². The number of aromatic nitrogens is 2. The van der Waals surface area contributed by atoms with Crippen LogP contribution in [0.15, 0.2) is 18.2 Å². The lowest BCUT2D eigenvalue weighted by Crippen LogP contribution is -2.00. The molecule has 0 aliphatic carbocycles.